The van der Waals surface area contributed by atoms with E-state index in [0.717, 1.165) is 17.7 Å². The standard InChI is InChI=1S/C26H36N2O4/c1-7-19(4)27-26(30)20(5)28(16-21-8-12-23(31-6)13-9-21)25(29)17-32-24-14-10-22(11-15-24)18(2)3/h8-15,18-20H,7,16-17H2,1-6H3,(H,27,30)/t19-,20+/m1/s1. The molecule has 2 aromatic rings. The van der Waals surface area contributed by atoms with Crippen molar-refractivity contribution in [2.45, 2.75) is 65.6 Å². The summed E-state index contributed by atoms with van der Waals surface area (Å²) in [6, 6.07) is 14.6. The van der Waals surface area contributed by atoms with E-state index in [-0.39, 0.29) is 24.5 Å². The Balaban J connectivity index is 2.13. The molecule has 6 nitrogen and oxygen atoms in total. The zero-order valence-electron chi connectivity index (χ0n) is 20.1. The van der Waals surface area contributed by atoms with Gasteiger partial charge in [0, 0.05) is 12.6 Å². The number of ether oxygens (including phenoxy) is 2. The van der Waals surface area contributed by atoms with Crippen molar-refractivity contribution in [2.24, 2.45) is 0 Å². The second kappa shape index (κ2) is 12.1. The summed E-state index contributed by atoms with van der Waals surface area (Å²) < 4.78 is 11.0. The van der Waals surface area contributed by atoms with Crippen LogP contribution in [0.15, 0.2) is 48.5 Å². The predicted octanol–water partition coefficient (Wildman–Crippen LogP) is 4.53. The number of rotatable bonds is 11. The highest BCUT2D eigenvalue weighted by atomic mass is 16.5. The SMILES string of the molecule is CC[C@@H](C)NC(=O)[C@H](C)N(Cc1ccc(OC)cc1)C(=O)COc1ccc(C(C)C)cc1. The van der Waals surface area contributed by atoms with Gasteiger partial charge in [-0.05, 0) is 61.6 Å². The Morgan fingerprint density at radius 3 is 2.06 bits per heavy atom. The van der Waals surface area contributed by atoms with E-state index in [0.29, 0.717) is 18.2 Å². The first-order chi connectivity index (χ1) is 15.2. The topological polar surface area (TPSA) is 67.9 Å². The molecule has 0 aliphatic heterocycles. The van der Waals surface area contributed by atoms with E-state index in [1.807, 2.05) is 62.4 Å². The monoisotopic (exact) mass is 440 g/mol. The number of nitrogens with zero attached hydrogens (tertiary/aromatic N) is 1. The van der Waals surface area contributed by atoms with E-state index >= 15 is 0 Å². The lowest BCUT2D eigenvalue weighted by Gasteiger charge is -2.29. The Hall–Kier alpha value is -3.02. The van der Waals surface area contributed by atoms with Crippen molar-refractivity contribution in [1.82, 2.24) is 10.2 Å². The van der Waals surface area contributed by atoms with Crippen molar-refractivity contribution in [2.75, 3.05) is 13.7 Å². The Bertz CT molecular complexity index is 862. The summed E-state index contributed by atoms with van der Waals surface area (Å²) >= 11 is 0. The molecule has 0 saturated carbocycles. The number of amides is 2. The van der Waals surface area contributed by atoms with Crippen molar-refractivity contribution in [3.8, 4) is 11.5 Å². The Labute approximate surface area is 191 Å². The maximum atomic E-state index is 13.1. The number of hydrogen-bond acceptors (Lipinski definition) is 4. The molecule has 1 N–H and O–H groups in total. The quantitative estimate of drug-likeness (QED) is 0.557. The van der Waals surface area contributed by atoms with E-state index in [2.05, 4.69) is 19.2 Å². The van der Waals surface area contributed by atoms with E-state index in [9.17, 15) is 9.59 Å². The van der Waals surface area contributed by atoms with Crippen LogP contribution < -0.4 is 14.8 Å². The number of carbonyl (C=O) groups excluding carboxylic acids is 2. The predicted molar refractivity (Wildman–Crippen MR) is 127 cm³/mol. The van der Waals surface area contributed by atoms with Crippen LogP contribution in [0.25, 0.3) is 0 Å². The van der Waals surface area contributed by atoms with Crippen LogP contribution in [0, 0.1) is 0 Å². The lowest BCUT2D eigenvalue weighted by molar-refractivity contribution is -0.142. The number of carbonyl (C=O) groups is 2. The van der Waals surface area contributed by atoms with Crippen LogP contribution in [0.2, 0.25) is 0 Å². The van der Waals surface area contributed by atoms with Crippen LogP contribution >= 0.6 is 0 Å². The van der Waals surface area contributed by atoms with Crippen molar-refractivity contribution in [3.63, 3.8) is 0 Å². The summed E-state index contributed by atoms with van der Waals surface area (Å²) in [6.07, 6.45) is 0.820. The Morgan fingerprint density at radius 2 is 1.53 bits per heavy atom. The molecule has 0 fully saturated rings. The van der Waals surface area contributed by atoms with Gasteiger partial charge in [0.05, 0.1) is 7.11 Å². The maximum absolute atomic E-state index is 13.1. The van der Waals surface area contributed by atoms with Gasteiger partial charge in [-0.15, -0.1) is 0 Å². The van der Waals surface area contributed by atoms with Crippen LogP contribution in [0.3, 0.4) is 0 Å². The van der Waals surface area contributed by atoms with Gasteiger partial charge in [-0.2, -0.15) is 0 Å². The highest BCUT2D eigenvalue weighted by Crippen LogP contribution is 2.19. The molecule has 174 valence electrons. The van der Waals surface area contributed by atoms with Gasteiger partial charge >= 0.3 is 0 Å². The third kappa shape index (κ3) is 7.29. The molecule has 6 heteroatoms. The van der Waals surface area contributed by atoms with E-state index < -0.39 is 6.04 Å². The minimum absolute atomic E-state index is 0.0404. The lowest BCUT2D eigenvalue weighted by atomic mass is 10.0. The molecule has 0 saturated heterocycles. The number of nitrogens with one attached hydrogen (secondary N) is 1. The average molecular weight is 441 g/mol. The van der Waals surface area contributed by atoms with Crippen molar-refractivity contribution >= 4 is 11.8 Å². The molecular formula is C26H36N2O4. The molecular weight excluding hydrogens is 404 g/mol. The average Bonchev–Trinajstić information content (AvgIpc) is 2.80. The van der Waals surface area contributed by atoms with Gasteiger partial charge < -0.3 is 19.7 Å². The normalized spacial score (nSPS) is 12.7. The largest absolute Gasteiger partial charge is 0.497 e. The summed E-state index contributed by atoms with van der Waals surface area (Å²) in [5.74, 6) is 1.37. The lowest BCUT2D eigenvalue weighted by Crippen LogP contribution is -2.50. The van der Waals surface area contributed by atoms with Crippen LogP contribution in [0.1, 0.15) is 58.1 Å². The maximum Gasteiger partial charge on any atom is 0.261 e. The highest BCUT2D eigenvalue weighted by Gasteiger charge is 2.27. The molecule has 0 heterocycles. The summed E-state index contributed by atoms with van der Waals surface area (Å²) in [6.45, 7) is 10.1. The molecule has 0 radical (unpaired) electrons. The van der Waals surface area contributed by atoms with Crippen molar-refractivity contribution in [3.05, 3.63) is 59.7 Å². The molecule has 0 bridgehead atoms. The zero-order chi connectivity index (χ0) is 23.7. The molecule has 2 aromatic carbocycles. The van der Waals surface area contributed by atoms with E-state index in [4.69, 9.17) is 9.47 Å². The van der Waals surface area contributed by atoms with Crippen LogP contribution in [0.4, 0.5) is 0 Å². The second-order valence-corrected chi connectivity index (χ2v) is 8.38. The zero-order valence-corrected chi connectivity index (χ0v) is 20.1. The van der Waals surface area contributed by atoms with Crippen LogP contribution in [-0.4, -0.2) is 42.5 Å². The van der Waals surface area contributed by atoms with Crippen molar-refractivity contribution in [1.29, 1.82) is 0 Å². The molecule has 2 amide bonds. The Morgan fingerprint density at radius 1 is 0.938 bits per heavy atom. The minimum atomic E-state index is -0.634. The van der Waals surface area contributed by atoms with Gasteiger partial charge in [-0.1, -0.05) is 45.0 Å². The fraction of sp³-hybridized carbons (Fsp3) is 0.462. The molecule has 0 aromatic heterocycles. The fourth-order valence-corrected chi connectivity index (χ4v) is 3.15. The Kier molecular flexibility index (Phi) is 9.57. The molecule has 2 atom stereocenters. The molecule has 0 aliphatic rings. The molecule has 0 spiro atoms. The summed E-state index contributed by atoms with van der Waals surface area (Å²) in [7, 11) is 1.61. The number of hydrogen-bond donors (Lipinski definition) is 1. The molecule has 32 heavy (non-hydrogen) atoms. The summed E-state index contributed by atoms with van der Waals surface area (Å²) in [4.78, 5) is 27.4. The first-order valence-electron chi connectivity index (χ1n) is 11.2. The van der Waals surface area contributed by atoms with Crippen LogP contribution in [-0.2, 0) is 16.1 Å². The van der Waals surface area contributed by atoms with Gasteiger partial charge in [0.2, 0.25) is 5.91 Å². The molecule has 0 aliphatic carbocycles. The third-order valence-corrected chi connectivity index (χ3v) is 5.59. The van der Waals surface area contributed by atoms with Gasteiger partial charge in [-0.25, -0.2) is 0 Å². The number of benzene rings is 2. The number of methoxy groups -OCH3 is 1. The van der Waals surface area contributed by atoms with E-state index in [1.54, 1.807) is 18.9 Å². The van der Waals surface area contributed by atoms with Gasteiger partial charge in [-0.3, -0.25) is 9.59 Å². The fourth-order valence-electron chi connectivity index (χ4n) is 3.15. The molecule has 0 unspecified atom stereocenters. The second-order valence-electron chi connectivity index (χ2n) is 8.38. The third-order valence-electron chi connectivity index (χ3n) is 5.59. The summed E-state index contributed by atoms with van der Waals surface area (Å²) in [5, 5.41) is 2.97. The van der Waals surface area contributed by atoms with Gasteiger partial charge in [0.25, 0.3) is 5.91 Å². The molecule has 2 rings (SSSR count). The van der Waals surface area contributed by atoms with Crippen LogP contribution in [0.5, 0.6) is 11.5 Å². The van der Waals surface area contributed by atoms with Crippen molar-refractivity contribution < 1.29 is 19.1 Å². The van der Waals surface area contributed by atoms with Gasteiger partial charge in [0.1, 0.15) is 17.5 Å². The minimum Gasteiger partial charge on any atom is -0.497 e. The van der Waals surface area contributed by atoms with Gasteiger partial charge in [0.15, 0.2) is 6.61 Å². The smallest absolute Gasteiger partial charge is 0.261 e. The summed E-state index contributed by atoms with van der Waals surface area (Å²) in [5.41, 5.74) is 2.11. The highest BCUT2D eigenvalue weighted by molar-refractivity contribution is 5.88. The first-order valence-corrected chi connectivity index (χ1v) is 11.2. The first kappa shape index (κ1) is 25.2. The van der Waals surface area contributed by atoms with E-state index in [1.165, 1.54) is 5.56 Å².